The second kappa shape index (κ2) is 5.69. The fourth-order valence-corrected chi connectivity index (χ4v) is 2.14. The minimum Gasteiger partial charge on any atom is -0.466 e. The van der Waals surface area contributed by atoms with Crippen molar-refractivity contribution < 1.29 is 19.1 Å². The third kappa shape index (κ3) is 2.84. The molecule has 0 amide bonds. The van der Waals surface area contributed by atoms with Crippen LogP contribution in [0.4, 0.5) is 0 Å². The molecule has 0 N–H and O–H groups in total. The van der Waals surface area contributed by atoms with Gasteiger partial charge >= 0.3 is 11.9 Å². The van der Waals surface area contributed by atoms with Crippen LogP contribution >= 0.6 is 0 Å². The normalized spacial score (nSPS) is 22.8. The van der Waals surface area contributed by atoms with E-state index in [9.17, 15) is 9.59 Å². The predicted octanol–water partition coefficient (Wildman–Crippen LogP) is 2.41. The van der Waals surface area contributed by atoms with Crippen LogP contribution in [0, 0.1) is 5.92 Å². The maximum atomic E-state index is 12.0. The molecule has 1 heterocycles. The van der Waals surface area contributed by atoms with Crippen molar-refractivity contribution in [2.24, 2.45) is 5.92 Å². The van der Waals surface area contributed by atoms with Gasteiger partial charge in [0.2, 0.25) is 0 Å². The lowest BCUT2D eigenvalue weighted by Gasteiger charge is -2.30. The van der Waals surface area contributed by atoms with Gasteiger partial charge in [-0.15, -0.1) is 0 Å². The molecule has 1 aromatic rings. The summed E-state index contributed by atoms with van der Waals surface area (Å²) in [5.74, 6) is -1.33. The van der Waals surface area contributed by atoms with Gasteiger partial charge in [0.25, 0.3) is 0 Å². The van der Waals surface area contributed by atoms with E-state index < -0.39 is 18.0 Å². The lowest BCUT2D eigenvalue weighted by atomic mass is 9.87. The van der Waals surface area contributed by atoms with Crippen molar-refractivity contribution in [1.82, 2.24) is 0 Å². The first-order valence-corrected chi connectivity index (χ1v) is 6.23. The van der Waals surface area contributed by atoms with Gasteiger partial charge < -0.3 is 9.47 Å². The second-order valence-corrected chi connectivity index (χ2v) is 4.40. The van der Waals surface area contributed by atoms with Crippen LogP contribution in [0.5, 0.6) is 0 Å². The zero-order chi connectivity index (χ0) is 13.8. The minimum atomic E-state index is -0.599. The molecule has 19 heavy (non-hydrogen) atoms. The van der Waals surface area contributed by atoms with Crippen LogP contribution in [-0.4, -0.2) is 18.5 Å². The highest BCUT2D eigenvalue weighted by atomic mass is 16.6. The van der Waals surface area contributed by atoms with E-state index in [-0.39, 0.29) is 12.4 Å². The van der Waals surface area contributed by atoms with E-state index in [1.54, 1.807) is 6.92 Å². The van der Waals surface area contributed by atoms with Gasteiger partial charge in [-0.1, -0.05) is 36.9 Å². The Kier molecular flexibility index (Phi) is 4.00. The fourth-order valence-electron chi connectivity index (χ4n) is 2.14. The lowest BCUT2D eigenvalue weighted by Crippen LogP contribution is -2.34. The number of hydrogen-bond donors (Lipinski definition) is 0. The Bertz CT molecular complexity index is 492. The fraction of sp³-hybridized carbons (Fsp3) is 0.333. The van der Waals surface area contributed by atoms with Crippen molar-refractivity contribution in [1.29, 1.82) is 0 Å². The maximum Gasteiger partial charge on any atom is 0.334 e. The molecule has 0 saturated carbocycles. The van der Waals surface area contributed by atoms with Gasteiger partial charge in [0.05, 0.1) is 6.61 Å². The Morgan fingerprint density at radius 3 is 2.74 bits per heavy atom. The Morgan fingerprint density at radius 2 is 2.11 bits per heavy atom. The Morgan fingerprint density at radius 1 is 1.42 bits per heavy atom. The van der Waals surface area contributed by atoms with Crippen molar-refractivity contribution in [3.05, 3.63) is 48.0 Å². The second-order valence-electron chi connectivity index (χ2n) is 4.40. The summed E-state index contributed by atoms with van der Waals surface area (Å²) >= 11 is 0. The Labute approximate surface area is 112 Å². The third-order valence-electron chi connectivity index (χ3n) is 3.07. The van der Waals surface area contributed by atoms with Crippen LogP contribution in [0.2, 0.25) is 0 Å². The van der Waals surface area contributed by atoms with E-state index in [1.165, 1.54) is 0 Å². The summed E-state index contributed by atoms with van der Waals surface area (Å²) in [6.07, 6.45) is -0.324. The SMILES string of the molecule is C=C1CC(C(=O)OCC)C(c2ccccc2)OC1=O. The number of ether oxygens (including phenoxy) is 2. The molecule has 1 saturated heterocycles. The van der Waals surface area contributed by atoms with E-state index >= 15 is 0 Å². The quantitative estimate of drug-likeness (QED) is 0.618. The maximum absolute atomic E-state index is 12.0. The molecule has 4 nitrogen and oxygen atoms in total. The van der Waals surface area contributed by atoms with E-state index in [0.717, 1.165) is 5.56 Å². The first kappa shape index (κ1) is 13.3. The number of benzene rings is 1. The van der Waals surface area contributed by atoms with Crippen molar-refractivity contribution in [2.75, 3.05) is 6.61 Å². The molecule has 1 aromatic carbocycles. The molecule has 0 bridgehead atoms. The van der Waals surface area contributed by atoms with Crippen LogP contribution < -0.4 is 0 Å². The standard InChI is InChI=1S/C15H16O4/c1-3-18-15(17)12-9-10(2)14(16)19-13(12)11-7-5-4-6-8-11/h4-8,12-13H,2-3,9H2,1H3. The van der Waals surface area contributed by atoms with E-state index in [4.69, 9.17) is 9.47 Å². The summed E-state index contributed by atoms with van der Waals surface area (Å²) in [6, 6.07) is 9.21. The van der Waals surface area contributed by atoms with Crippen LogP contribution in [0.1, 0.15) is 25.0 Å². The molecular weight excluding hydrogens is 244 g/mol. The summed E-state index contributed by atoms with van der Waals surface area (Å²) in [6.45, 7) is 5.69. The number of esters is 2. The highest BCUT2D eigenvalue weighted by molar-refractivity contribution is 5.91. The number of carbonyl (C=O) groups excluding carboxylic acids is 2. The molecule has 0 aliphatic carbocycles. The largest absolute Gasteiger partial charge is 0.466 e. The molecule has 0 spiro atoms. The number of cyclic esters (lactones) is 1. The van der Waals surface area contributed by atoms with Crippen molar-refractivity contribution in [3.63, 3.8) is 0 Å². The summed E-state index contributed by atoms with van der Waals surface area (Å²) in [4.78, 5) is 23.6. The van der Waals surface area contributed by atoms with Gasteiger partial charge in [-0.2, -0.15) is 0 Å². The first-order chi connectivity index (χ1) is 9.13. The van der Waals surface area contributed by atoms with Crippen molar-refractivity contribution >= 4 is 11.9 Å². The molecule has 0 aromatic heterocycles. The molecular formula is C15H16O4. The number of hydrogen-bond acceptors (Lipinski definition) is 4. The van der Waals surface area contributed by atoms with E-state index in [2.05, 4.69) is 6.58 Å². The molecule has 2 rings (SSSR count). The average Bonchev–Trinajstić information content (AvgIpc) is 2.42. The zero-order valence-corrected chi connectivity index (χ0v) is 10.8. The van der Waals surface area contributed by atoms with Gasteiger partial charge in [0.1, 0.15) is 12.0 Å². The Hall–Kier alpha value is -2.10. The van der Waals surface area contributed by atoms with Crippen LogP contribution in [0.15, 0.2) is 42.5 Å². The molecule has 1 aliphatic rings. The molecule has 100 valence electrons. The van der Waals surface area contributed by atoms with Crippen molar-refractivity contribution in [2.45, 2.75) is 19.4 Å². The van der Waals surface area contributed by atoms with Gasteiger partial charge in [0, 0.05) is 5.57 Å². The highest BCUT2D eigenvalue weighted by Crippen LogP contribution is 2.36. The highest BCUT2D eigenvalue weighted by Gasteiger charge is 2.39. The predicted molar refractivity (Wildman–Crippen MR) is 69.2 cm³/mol. The smallest absolute Gasteiger partial charge is 0.334 e. The lowest BCUT2D eigenvalue weighted by molar-refractivity contribution is -0.164. The third-order valence-corrected chi connectivity index (χ3v) is 3.07. The van der Waals surface area contributed by atoms with Crippen LogP contribution in [0.3, 0.4) is 0 Å². The van der Waals surface area contributed by atoms with Crippen LogP contribution in [-0.2, 0) is 19.1 Å². The Balaban J connectivity index is 2.28. The topological polar surface area (TPSA) is 52.6 Å². The molecule has 1 fully saturated rings. The zero-order valence-electron chi connectivity index (χ0n) is 10.8. The van der Waals surface area contributed by atoms with E-state index in [1.807, 2.05) is 30.3 Å². The van der Waals surface area contributed by atoms with Gasteiger partial charge in [0.15, 0.2) is 0 Å². The van der Waals surface area contributed by atoms with Gasteiger partial charge in [-0.25, -0.2) is 4.79 Å². The number of carbonyl (C=O) groups is 2. The minimum absolute atomic E-state index is 0.275. The number of rotatable bonds is 3. The first-order valence-electron chi connectivity index (χ1n) is 6.23. The summed E-state index contributed by atoms with van der Waals surface area (Å²) in [7, 11) is 0. The van der Waals surface area contributed by atoms with Gasteiger partial charge in [-0.3, -0.25) is 4.79 Å². The molecule has 1 aliphatic heterocycles. The van der Waals surface area contributed by atoms with Gasteiger partial charge in [-0.05, 0) is 18.9 Å². The van der Waals surface area contributed by atoms with E-state index in [0.29, 0.717) is 12.2 Å². The average molecular weight is 260 g/mol. The van der Waals surface area contributed by atoms with Crippen LogP contribution in [0.25, 0.3) is 0 Å². The summed E-state index contributed by atoms with van der Waals surface area (Å²) < 4.78 is 10.4. The monoisotopic (exact) mass is 260 g/mol. The van der Waals surface area contributed by atoms with Crippen molar-refractivity contribution in [3.8, 4) is 0 Å². The molecule has 2 atom stereocenters. The summed E-state index contributed by atoms with van der Waals surface area (Å²) in [5, 5.41) is 0. The molecule has 0 radical (unpaired) electrons. The summed E-state index contributed by atoms with van der Waals surface area (Å²) in [5.41, 5.74) is 1.10. The molecule has 2 unspecified atom stereocenters. The molecule has 4 heteroatoms.